The maximum Gasteiger partial charge on any atom is 0.160 e. The maximum absolute atomic E-state index is 6.12. The molecule has 3 aliphatic rings. The van der Waals surface area contributed by atoms with Gasteiger partial charge >= 0.3 is 0 Å². The zero-order valence-corrected chi connectivity index (χ0v) is 19.2. The van der Waals surface area contributed by atoms with Crippen molar-refractivity contribution >= 4 is 0 Å². The van der Waals surface area contributed by atoms with E-state index in [1.165, 1.54) is 18.4 Å². The Morgan fingerprint density at radius 3 is 2.77 bits per heavy atom. The monoisotopic (exact) mass is 417 g/mol. The Balaban J connectivity index is 1.66. The van der Waals surface area contributed by atoms with Crippen LogP contribution >= 0.6 is 0 Å². The van der Waals surface area contributed by atoms with Gasteiger partial charge in [0.05, 0.1) is 31.5 Å². The molecule has 0 amide bonds. The van der Waals surface area contributed by atoms with Gasteiger partial charge in [0.1, 0.15) is 18.8 Å². The molecule has 5 heteroatoms. The van der Waals surface area contributed by atoms with Gasteiger partial charge in [-0.15, -0.1) is 0 Å². The van der Waals surface area contributed by atoms with Crippen LogP contribution in [-0.2, 0) is 18.9 Å². The van der Waals surface area contributed by atoms with Gasteiger partial charge in [-0.1, -0.05) is 25.2 Å². The van der Waals surface area contributed by atoms with Crippen molar-refractivity contribution in [1.82, 2.24) is 4.90 Å². The lowest BCUT2D eigenvalue weighted by Gasteiger charge is -2.46. The maximum atomic E-state index is 6.12. The largest absolute Gasteiger partial charge is 0.466 e. The van der Waals surface area contributed by atoms with E-state index in [2.05, 4.69) is 50.8 Å². The molecule has 0 bridgehead atoms. The van der Waals surface area contributed by atoms with Crippen molar-refractivity contribution in [2.24, 2.45) is 5.41 Å². The molecule has 0 spiro atoms. The molecule has 2 unspecified atom stereocenters. The molecule has 0 aromatic rings. The quantitative estimate of drug-likeness (QED) is 0.475. The van der Waals surface area contributed by atoms with Gasteiger partial charge in [-0.25, -0.2) is 0 Å². The molecule has 0 saturated carbocycles. The van der Waals surface area contributed by atoms with Gasteiger partial charge in [0.2, 0.25) is 0 Å². The smallest absolute Gasteiger partial charge is 0.160 e. The highest BCUT2D eigenvalue weighted by molar-refractivity contribution is 5.30. The fourth-order valence-electron chi connectivity index (χ4n) is 4.52. The summed E-state index contributed by atoms with van der Waals surface area (Å²) in [5.41, 5.74) is 1.44. The standard InChI is InChI=1S/C25H39NO4/c1-5-25(20-28-15-17-30-24(2,3)4)12-9-13-26(19-25)23(21-10-7-6-8-11-21)22-18-27-14-16-29-22/h6-7,10,14,16,18,23H,5,8-9,11-13,15,17,19-20H2,1-4H3. The number of hydrogen-bond acceptors (Lipinski definition) is 5. The number of allylic oxidation sites excluding steroid dienone is 3. The minimum atomic E-state index is -0.118. The Morgan fingerprint density at radius 1 is 1.23 bits per heavy atom. The predicted molar refractivity (Wildman–Crippen MR) is 120 cm³/mol. The van der Waals surface area contributed by atoms with Crippen molar-refractivity contribution in [3.05, 3.63) is 48.3 Å². The molecule has 1 aliphatic carbocycles. The summed E-state index contributed by atoms with van der Waals surface area (Å²) in [6, 6.07) is 0.121. The van der Waals surface area contributed by atoms with Gasteiger partial charge in [0.25, 0.3) is 0 Å². The highest BCUT2D eigenvalue weighted by atomic mass is 16.5. The normalized spacial score (nSPS) is 25.9. The topological polar surface area (TPSA) is 40.2 Å². The molecule has 5 nitrogen and oxygen atoms in total. The summed E-state index contributed by atoms with van der Waals surface area (Å²) in [4.78, 5) is 2.57. The van der Waals surface area contributed by atoms with E-state index in [-0.39, 0.29) is 17.1 Å². The summed E-state index contributed by atoms with van der Waals surface area (Å²) in [7, 11) is 0. The van der Waals surface area contributed by atoms with E-state index in [1.54, 1.807) is 18.8 Å². The van der Waals surface area contributed by atoms with Crippen molar-refractivity contribution < 1.29 is 18.9 Å². The van der Waals surface area contributed by atoms with E-state index < -0.39 is 0 Å². The van der Waals surface area contributed by atoms with Crippen molar-refractivity contribution in [1.29, 1.82) is 0 Å². The summed E-state index contributed by atoms with van der Waals surface area (Å²) in [6.45, 7) is 12.6. The summed E-state index contributed by atoms with van der Waals surface area (Å²) in [5.74, 6) is 0.880. The zero-order valence-electron chi connectivity index (χ0n) is 19.2. The lowest BCUT2D eigenvalue weighted by atomic mass is 9.77. The van der Waals surface area contributed by atoms with Crippen LogP contribution in [0.25, 0.3) is 0 Å². The average molecular weight is 418 g/mol. The number of piperidine rings is 1. The third-order valence-corrected chi connectivity index (χ3v) is 6.17. The molecule has 0 aromatic heterocycles. The molecule has 2 atom stereocenters. The second kappa shape index (κ2) is 10.7. The van der Waals surface area contributed by atoms with Crippen LogP contribution in [0.15, 0.2) is 48.3 Å². The van der Waals surface area contributed by atoms with Crippen LogP contribution < -0.4 is 0 Å². The van der Waals surface area contributed by atoms with Crippen LogP contribution in [-0.4, -0.2) is 49.5 Å². The van der Waals surface area contributed by atoms with Crippen LogP contribution in [0.2, 0.25) is 0 Å². The Hall–Kier alpha value is -1.56. The van der Waals surface area contributed by atoms with E-state index in [0.717, 1.165) is 44.7 Å². The molecule has 0 radical (unpaired) electrons. The molecule has 2 heterocycles. The average Bonchev–Trinajstić information content (AvgIpc) is 2.75. The van der Waals surface area contributed by atoms with Crippen molar-refractivity contribution in [3.8, 4) is 0 Å². The molecule has 3 rings (SSSR count). The third kappa shape index (κ3) is 6.47. The Bertz CT molecular complexity index is 673. The molecule has 2 aliphatic heterocycles. The molecule has 30 heavy (non-hydrogen) atoms. The number of rotatable bonds is 9. The van der Waals surface area contributed by atoms with Crippen molar-refractivity contribution in [2.75, 3.05) is 32.9 Å². The van der Waals surface area contributed by atoms with Crippen molar-refractivity contribution in [3.63, 3.8) is 0 Å². The Morgan fingerprint density at radius 2 is 2.10 bits per heavy atom. The second-order valence-corrected chi connectivity index (χ2v) is 9.60. The second-order valence-electron chi connectivity index (χ2n) is 9.60. The van der Waals surface area contributed by atoms with E-state index >= 15 is 0 Å². The van der Waals surface area contributed by atoms with E-state index in [1.807, 2.05) is 0 Å². The van der Waals surface area contributed by atoms with Crippen LogP contribution in [0.1, 0.15) is 59.8 Å². The number of hydrogen-bond donors (Lipinski definition) is 0. The highest BCUT2D eigenvalue weighted by Crippen LogP contribution is 2.38. The molecule has 1 saturated heterocycles. The van der Waals surface area contributed by atoms with Gasteiger partial charge in [-0.3, -0.25) is 4.90 Å². The summed E-state index contributed by atoms with van der Waals surface area (Å²) in [6.07, 6.45) is 17.2. The fraction of sp³-hybridized carbons (Fsp3) is 0.680. The van der Waals surface area contributed by atoms with Crippen molar-refractivity contribution in [2.45, 2.75) is 71.4 Å². The molecule has 168 valence electrons. The summed E-state index contributed by atoms with van der Waals surface area (Å²) >= 11 is 0. The highest BCUT2D eigenvalue weighted by Gasteiger charge is 2.39. The first-order valence-electron chi connectivity index (χ1n) is 11.4. The van der Waals surface area contributed by atoms with Crippen LogP contribution in [0.4, 0.5) is 0 Å². The minimum Gasteiger partial charge on any atom is -0.466 e. The molecule has 1 fully saturated rings. The van der Waals surface area contributed by atoms with E-state index in [9.17, 15) is 0 Å². The van der Waals surface area contributed by atoms with Crippen LogP contribution in [0.3, 0.4) is 0 Å². The number of ether oxygens (including phenoxy) is 4. The first-order chi connectivity index (χ1) is 14.4. The van der Waals surface area contributed by atoms with Gasteiger partial charge < -0.3 is 18.9 Å². The van der Waals surface area contributed by atoms with Gasteiger partial charge in [-0.2, -0.15) is 0 Å². The van der Waals surface area contributed by atoms with E-state index in [0.29, 0.717) is 13.2 Å². The van der Waals surface area contributed by atoms with Gasteiger partial charge in [0.15, 0.2) is 5.76 Å². The molecular weight excluding hydrogens is 378 g/mol. The Kier molecular flexibility index (Phi) is 8.20. The molecular formula is C25H39NO4. The van der Waals surface area contributed by atoms with Gasteiger partial charge in [-0.05, 0) is 65.0 Å². The SMILES string of the molecule is CCC1(COCCOC(C)(C)C)CCCN(C(C2=CC=CCC2)C2=COC=CO2)C1. The molecule has 0 aromatic carbocycles. The number of likely N-dealkylation sites (tertiary alicyclic amines) is 1. The lowest BCUT2D eigenvalue weighted by molar-refractivity contribution is -0.0631. The van der Waals surface area contributed by atoms with Crippen LogP contribution in [0.5, 0.6) is 0 Å². The molecule has 0 N–H and O–H groups in total. The van der Waals surface area contributed by atoms with E-state index in [4.69, 9.17) is 18.9 Å². The van der Waals surface area contributed by atoms with Crippen LogP contribution in [0, 0.1) is 5.41 Å². The number of nitrogens with zero attached hydrogens (tertiary/aromatic N) is 1. The lowest BCUT2D eigenvalue weighted by Crippen LogP contribution is -2.51. The fourth-order valence-corrected chi connectivity index (χ4v) is 4.52. The Labute approximate surface area is 182 Å². The van der Waals surface area contributed by atoms with Gasteiger partial charge in [0, 0.05) is 12.0 Å². The minimum absolute atomic E-state index is 0.118. The third-order valence-electron chi connectivity index (χ3n) is 6.17. The predicted octanol–water partition coefficient (Wildman–Crippen LogP) is 5.31. The first kappa shape index (κ1) is 23.1. The zero-order chi connectivity index (χ0) is 21.5. The summed E-state index contributed by atoms with van der Waals surface area (Å²) in [5, 5.41) is 0. The summed E-state index contributed by atoms with van der Waals surface area (Å²) < 4.78 is 23.3. The first-order valence-corrected chi connectivity index (χ1v) is 11.4.